The number of anilines is 1. The zero-order chi connectivity index (χ0) is 17.3. The van der Waals surface area contributed by atoms with Crippen LogP contribution >= 0.6 is 0 Å². The lowest BCUT2D eigenvalue weighted by Crippen LogP contribution is -2.58. The van der Waals surface area contributed by atoms with E-state index in [1.165, 1.54) is 17.2 Å². The molecule has 1 aromatic carbocycles. The fraction of sp³-hybridized carbons (Fsp3) is 0.278. The van der Waals surface area contributed by atoms with Crippen molar-refractivity contribution in [2.75, 3.05) is 11.9 Å². The van der Waals surface area contributed by atoms with Crippen LogP contribution in [-0.4, -0.2) is 29.3 Å². The normalized spacial score (nSPS) is 19.8. The number of aryl methyl sites for hydroxylation is 2. The van der Waals surface area contributed by atoms with E-state index in [0.717, 1.165) is 29.8 Å². The van der Waals surface area contributed by atoms with Crippen molar-refractivity contribution in [2.45, 2.75) is 19.3 Å². The molecule has 4 amide bonds. The van der Waals surface area contributed by atoms with E-state index in [1.54, 1.807) is 0 Å². The van der Waals surface area contributed by atoms with Crippen LogP contribution in [0.2, 0.25) is 0 Å². The molecular formula is C18H19N3O3. The van der Waals surface area contributed by atoms with Crippen LogP contribution in [0.4, 0.5) is 10.5 Å². The Bertz CT molecular complexity index is 754. The van der Waals surface area contributed by atoms with E-state index in [4.69, 9.17) is 0 Å². The highest BCUT2D eigenvalue weighted by Gasteiger charge is 2.41. The van der Waals surface area contributed by atoms with E-state index in [0.29, 0.717) is 0 Å². The molecule has 1 aromatic rings. The summed E-state index contributed by atoms with van der Waals surface area (Å²) in [6.07, 6.45) is 4.68. The Morgan fingerprint density at radius 1 is 1.29 bits per heavy atom. The molecule has 1 atom stereocenters. The number of amides is 4. The van der Waals surface area contributed by atoms with Gasteiger partial charge in [0.2, 0.25) is 11.8 Å². The Hall–Kier alpha value is -2.89. The molecule has 1 saturated heterocycles. The summed E-state index contributed by atoms with van der Waals surface area (Å²) < 4.78 is 0. The standard InChI is InChI=1S/C18H19N3O3/c1-3-9-21-17(23)15(16(22)20-18(21)24)11(2)19-14-8-7-12-5-4-6-13(12)10-14/h3,7-8,10,15,19H,1-2,4-6,9H2,(H,20,22,24)/t15-/m0/s1. The van der Waals surface area contributed by atoms with Crippen molar-refractivity contribution in [3.05, 3.63) is 54.3 Å². The maximum absolute atomic E-state index is 12.5. The summed E-state index contributed by atoms with van der Waals surface area (Å²) in [6.45, 7) is 7.39. The number of hydrogen-bond donors (Lipinski definition) is 2. The van der Waals surface area contributed by atoms with Crippen LogP contribution in [0.3, 0.4) is 0 Å². The second-order valence-corrected chi connectivity index (χ2v) is 5.95. The lowest BCUT2D eigenvalue weighted by Gasteiger charge is -2.30. The van der Waals surface area contributed by atoms with E-state index in [1.807, 2.05) is 18.2 Å². The van der Waals surface area contributed by atoms with Gasteiger partial charge in [-0.1, -0.05) is 18.7 Å². The lowest BCUT2D eigenvalue weighted by molar-refractivity contribution is -0.140. The fourth-order valence-corrected chi connectivity index (χ4v) is 3.13. The molecule has 6 nitrogen and oxygen atoms in total. The first-order valence-electron chi connectivity index (χ1n) is 7.86. The Balaban J connectivity index is 1.78. The van der Waals surface area contributed by atoms with Gasteiger partial charge in [0.05, 0.1) is 0 Å². The molecule has 2 N–H and O–H groups in total. The topological polar surface area (TPSA) is 78.5 Å². The Kier molecular flexibility index (Phi) is 4.20. The SMILES string of the molecule is C=CCN1C(=O)NC(=O)[C@H](C(=C)Nc2ccc3c(c2)CCC3)C1=O. The molecule has 0 radical (unpaired) electrons. The molecule has 124 valence electrons. The number of carbonyl (C=O) groups excluding carboxylic acids is 3. The third kappa shape index (κ3) is 2.82. The number of hydrogen-bond acceptors (Lipinski definition) is 4. The molecule has 24 heavy (non-hydrogen) atoms. The van der Waals surface area contributed by atoms with E-state index < -0.39 is 23.8 Å². The highest BCUT2D eigenvalue weighted by atomic mass is 16.2. The van der Waals surface area contributed by atoms with Gasteiger partial charge in [0.25, 0.3) is 0 Å². The largest absolute Gasteiger partial charge is 0.358 e. The molecule has 1 aliphatic carbocycles. The van der Waals surface area contributed by atoms with Gasteiger partial charge in [-0.2, -0.15) is 0 Å². The van der Waals surface area contributed by atoms with Gasteiger partial charge < -0.3 is 5.32 Å². The number of nitrogens with one attached hydrogen (secondary N) is 2. The van der Waals surface area contributed by atoms with Gasteiger partial charge in [-0.3, -0.25) is 19.8 Å². The van der Waals surface area contributed by atoms with Crippen molar-refractivity contribution in [3.8, 4) is 0 Å². The Morgan fingerprint density at radius 2 is 2.04 bits per heavy atom. The zero-order valence-corrected chi connectivity index (χ0v) is 13.3. The molecule has 0 aromatic heterocycles. The fourth-order valence-electron chi connectivity index (χ4n) is 3.13. The van der Waals surface area contributed by atoms with Crippen molar-refractivity contribution < 1.29 is 14.4 Å². The predicted molar refractivity (Wildman–Crippen MR) is 90.2 cm³/mol. The second kappa shape index (κ2) is 6.31. The number of barbiturate groups is 1. The number of carbonyl (C=O) groups is 3. The molecule has 1 heterocycles. The van der Waals surface area contributed by atoms with Crippen LogP contribution in [0.5, 0.6) is 0 Å². The smallest absolute Gasteiger partial charge is 0.331 e. The minimum Gasteiger partial charge on any atom is -0.358 e. The van der Waals surface area contributed by atoms with Crippen LogP contribution in [0, 0.1) is 5.92 Å². The third-order valence-electron chi connectivity index (χ3n) is 4.31. The predicted octanol–water partition coefficient (Wildman–Crippen LogP) is 1.98. The molecule has 0 bridgehead atoms. The third-order valence-corrected chi connectivity index (χ3v) is 4.31. The first-order chi connectivity index (χ1) is 11.5. The van der Waals surface area contributed by atoms with Gasteiger partial charge in [0.15, 0.2) is 5.92 Å². The van der Waals surface area contributed by atoms with E-state index in [9.17, 15) is 14.4 Å². The van der Waals surface area contributed by atoms with Gasteiger partial charge >= 0.3 is 6.03 Å². The molecule has 1 fully saturated rings. The van der Waals surface area contributed by atoms with Crippen LogP contribution in [-0.2, 0) is 22.4 Å². The molecule has 0 unspecified atom stereocenters. The van der Waals surface area contributed by atoms with Crippen LogP contribution in [0.25, 0.3) is 0 Å². The monoisotopic (exact) mass is 325 g/mol. The van der Waals surface area contributed by atoms with Gasteiger partial charge in [-0.25, -0.2) is 4.79 Å². The van der Waals surface area contributed by atoms with Crippen molar-refractivity contribution in [2.24, 2.45) is 5.92 Å². The van der Waals surface area contributed by atoms with E-state index >= 15 is 0 Å². The minimum absolute atomic E-state index is 0.0422. The summed E-state index contributed by atoms with van der Waals surface area (Å²) in [5.41, 5.74) is 3.64. The maximum atomic E-state index is 12.5. The first kappa shape index (κ1) is 16.0. The first-order valence-corrected chi connectivity index (χ1v) is 7.86. The molecule has 6 heteroatoms. The van der Waals surface area contributed by atoms with Gasteiger partial charge in [0, 0.05) is 17.9 Å². The lowest BCUT2D eigenvalue weighted by atomic mass is 10.0. The molecule has 2 aliphatic rings. The molecule has 0 saturated carbocycles. The Labute approximate surface area is 140 Å². The van der Waals surface area contributed by atoms with Crippen molar-refractivity contribution in [1.82, 2.24) is 10.2 Å². The molecule has 0 spiro atoms. The van der Waals surface area contributed by atoms with Gasteiger partial charge in [0.1, 0.15) is 0 Å². The van der Waals surface area contributed by atoms with Crippen molar-refractivity contribution in [3.63, 3.8) is 0 Å². The summed E-state index contributed by atoms with van der Waals surface area (Å²) >= 11 is 0. The van der Waals surface area contributed by atoms with Crippen LogP contribution in [0.1, 0.15) is 17.5 Å². The summed E-state index contributed by atoms with van der Waals surface area (Å²) in [6, 6.07) is 5.25. The van der Waals surface area contributed by atoms with Crippen LogP contribution < -0.4 is 10.6 Å². The number of rotatable bonds is 5. The second-order valence-electron chi connectivity index (χ2n) is 5.95. The maximum Gasteiger partial charge on any atom is 0.331 e. The van der Waals surface area contributed by atoms with Gasteiger partial charge in [-0.15, -0.1) is 6.58 Å². The minimum atomic E-state index is -1.14. The summed E-state index contributed by atoms with van der Waals surface area (Å²) in [7, 11) is 0. The zero-order valence-electron chi connectivity index (χ0n) is 13.3. The number of imide groups is 2. The summed E-state index contributed by atoms with van der Waals surface area (Å²) in [4.78, 5) is 37.2. The highest BCUT2D eigenvalue weighted by molar-refractivity contribution is 6.18. The Morgan fingerprint density at radius 3 is 2.79 bits per heavy atom. The summed E-state index contributed by atoms with van der Waals surface area (Å²) in [5.74, 6) is -2.40. The quantitative estimate of drug-likeness (QED) is 0.641. The number of urea groups is 1. The average molecular weight is 325 g/mol. The van der Waals surface area contributed by atoms with Crippen LogP contribution in [0.15, 0.2) is 43.1 Å². The van der Waals surface area contributed by atoms with Gasteiger partial charge in [-0.05, 0) is 42.5 Å². The molecule has 1 aliphatic heterocycles. The average Bonchev–Trinajstić information content (AvgIpc) is 2.98. The number of nitrogens with zero attached hydrogens (tertiary/aromatic N) is 1. The van der Waals surface area contributed by atoms with Crippen molar-refractivity contribution >= 4 is 23.5 Å². The number of benzene rings is 1. The molecule has 3 rings (SSSR count). The highest BCUT2D eigenvalue weighted by Crippen LogP contribution is 2.27. The van der Waals surface area contributed by atoms with E-state index in [2.05, 4.69) is 23.8 Å². The van der Waals surface area contributed by atoms with E-state index in [-0.39, 0.29) is 12.2 Å². The number of fused-ring (bicyclic) bond motifs is 1. The molecular weight excluding hydrogens is 306 g/mol. The van der Waals surface area contributed by atoms with Crippen molar-refractivity contribution in [1.29, 1.82) is 0 Å². The summed E-state index contributed by atoms with van der Waals surface area (Å²) in [5, 5.41) is 5.22.